The van der Waals surface area contributed by atoms with Crippen molar-refractivity contribution in [2.75, 3.05) is 0 Å². The molecule has 0 aliphatic heterocycles. The Balaban J connectivity index is 2.13. The van der Waals surface area contributed by atoms with Crippen LogP contribution >= 0.6 is 0 Å². The molecule has 0 spiro atoms. The van der Waals surface area contributed by atoms with Crippen molar-refractivity contribution in [1.29, 1.82) is 0 Å². The highest BCUT2D eigenvalue weighted by atomic mass is 16.3. The molecule has 2 nitrogen and oxygen atoms in total. The maximum absolute atomic E-state index is 10.5. The lowest BCUT2D eigenvalue weighted by atomic mass is 9.71. The maximum Gasteiger partial charge on any atom is 0.185 e. The fraction of sp³-hybridized carbons (Fsp3) is 0.615. The van der Waals surface area contributed by atoms with Gasteiger partial charge in [0.25, 0.3) is 0 Å². The summed E-state index contributed by atoms with van der Waals surface area (Å²) < 4.78 is 5.50. The van der Waals surface area contributed by atoms with E-state index < -0.39 is 0 Å². The monoisotopic (exact) mass is 206 g/mol. The van der Waals surface area contributed by atoms with Gasteiger partial charge in [0, 0.05) is 5.92 Å². The van der Waals surface area contributed by atoms with Gasteiger partial charge in [-0.2, -0.15) is 0 Å². The molecule has 1 saturated carbocycles. The molecule has 1 aliphatic rings. The molecule has 0 bridgehead atoms. The molecule has 1 fully saturated rings. The lowest BCUT2D eigenvalue weighted by Gasteiger charge is -2.34. The topological polar surface area (TPSA) is 30.2 Å². The number of aldehydes is 1. The van der Waals surface area contributed by atoms with Crippen molar-refractivity contribution in [1.82, 2.24) is 0 Å². The van der Waals surface area contributed by atoms with Crippen molar-refractivity contribution in [2.24, 2.45) is 5.41 Å². The summed E-state index contributed by atoms with van der Waals surface area (Å²) in [5.41, 5.74) is 0.414. The molecule has 1 aromatic heterocycles. The first-order valence-electron chi connectivity index (χ1n) is 5.66. The summed E-state index contributed by atoms with van der Waals surface area (Å²) >= 11 is 0. The first kappa shape index (κ1) is 10.5. The molecule has 1 aromatic rings. The van der Waals surface area contributed by atoms with E-state index in [0.29, 0.717) is 17.1 Å². The van der Waals surface area contributed by atoms with E-state index in [-0.39, 0.29) is 0 Å². The van der Waals surface area contributed by atoms with Crippen LogP contribution in [0.5, 0.6) is 0 Å². The highest BCUT2D eigenvalue weighted by molar-refractivity contribution is 5.70. The molecule has 1 unspecified atom stereocenters. The summed E-state index contributed by atoms with van der Waals surface area (Å²) in [6.07, 6.45) is 5.69. The number of carbonyl (C=O) groups excluding carboxylic acids is 1. The fourth-order valence-electron chi connectivity index (χ4n) is 2.59. The first-order valence-corrected chi connectivity index (χ1v) is 5.66. The zero-order chi connectivity index (χ0) is 10.9. The van der Waals surface area contributed by atoms with Gasteiger partial charge in [0.05, 0.1) is 0 Å². The van der Waals surface area contributed by atoms with Crippen LogP contribution in [-0.2, 0) is 0 Å². The highest BCUT2D eigenvalue weighted by Gasteiger charge is 2.30. The molecule has 82 valence electrons. The predicted octanol–water partition coefficient (Wildman–Crippen LogP) is 3.78. The Labute approximate surface area is 90.7 Å². The van der Waals surface area contributed by atoms with Crippen molar-refractivity contribution < 1.29 is 9.21 Å². The summed E-state index contributed by atoms with van der Waals surface area (Å²) in [5.74, 6) is 1.95. The van der Waals surface area contributed by atoms with Gasteiger partial charge in [0.15, 0.2) is 12.0 Å². The highest BCUT2D eigenvalue weighted by Crippen LogP contribution is 2.43. The minimum Gasteiger partial charge on any atom is -0.458 e. The van der Waals surface area contributed by atoms with Gasteiger partial charge >= 0.3 is 0 Å². The molecule has 0 aromatic carbocycles. The molecule has 0 radical (unpaired) electrons. The second kappa shape index (κ2) is 3.84. The first-order chi connectivity index (χ1) is 7.11. The van der Waals surface area contributed by atoms with Crippen LogP contribution < -0.4 is 0 Å². The summed E-state index contributed by atoms with van der Waals surface area (Å²) in [7, 11) is 0. The molecule has 1 heterocycles. The molecule has 0 amide bonds. The average Bonchev–Trinajstić information content (AvgIpc) is 2.64. The van der Waals surface area contributed by atoms with E-state index in [1.807, 2.05) is 6.07 Å². The normalized spacial score (nSPS) is 25.1. The van der Waals surface area contributed by atoms with Gasteiger partial charge in [-0.05, 0) is 36.8 Å². The van der Waals surface area contributed by atoms with E-state index >= 15 is 0 Å². The Bertz CT molecular complexity index is 349. The third-order valence-electron chi connectivity index (χ3n) is 3.37. The van der Waals surface area contributed by atoms with Crippen LogP contribution in [-0.4, -0.2) is 6.29 Å². The summed E-state index contributed by atoms with van der Waals surface area (Å²) in [5, 5.41) is 0. The Morgan fingerprint density at radius 2 is 2.27 bits per heavy atom. The predicted molar refractivity (Wildman–Crippen MR) is 59.1 cm³/mol. The summed E-state index contributed by atoms with van der Waals surface area (Å²) in [4.78, 5) is 10.5. The number of rotatable bonds is 2. The van der Waals surface area contributed by atoms with Crippen LogP contribution in [0.2, 0.25) is 0 Å². The van der Waals surface area contributed by atoms with Crippen LogP contribution in [0.4, 0.5) is 0 Å². The van der Waals surface area contributed by atoms with Gasteiger partial charge in [-0.15, -0.1) is 0 Å². The van der Waals surface area contributed by atoms with E-state index in [0.717, 1.165) is 12.0 Å². The van der Waals surface area contributed by atoms with Gasteiger partial charge in [0.1, 0.15) is 5.76 Å². The van der Waals surface area contributed by atoms with Gasteiger partial charge in [0.2, 0.25) is 0 Å². The largest absolute Gasteiger partial charge is 0.458 e. The maximum atomic E-state index is 10.5. The number of hydrogen-bond donors (Lipinski definition) is 0. The molecular weight excluding hydrogens is 188 g/mol. The van der Waals surface area contributed by atoms with E-state index in [9.17, 15) is 4.79 Å². The zero-order valence-electron chi connectivity index (χ0n) is 9.45. The van der Waals surface area contributed by atoms with Crippen molar-refractivity contribution in [3.05, 3.63) is 23.7 Å². The van der Waals surface area contributed by atoms with Gasteiger partial charge in [-0.3, -0.25) is 4.79 Å². The van der Waals surface area contributed by atoms with Crippen molar-refractivity contribution in [2.45, 2.75) is 45.4 Å². The standard InChI is InChI=1S/C13H18O2/c1-13(2)7-3-4-10(8-13)12-6-5-11(9-14)15-12/h5-6,9-10H,3-4,7-8H2,1-2H3. The third kappa shape index (κ3) is 2.31. The Morgan fingerprint density at radius 3 is 2.87 bits per heavy atom. The number of carbonyl (C=O) groups is 1. The quantitative estimate of drug-likeness (QED) is 0.689. The molecule has 0 N–H and O–H groups in total. The van der Waals surface area contributed by atoms with Crippen LogP contribution in [0.1, 0.15) is 61.8 Å². The average molecular weight is 206 g/mol. The fourth-order valence-corrected chi connectivity index (χ4v) is 2.59. The molecule has 2 heteroatoms. The van der Waals surface area contributed by atoms with Crippen molar-refractivity contribution in [3.8, 4) is 0 Å². The van der Waals surface area contributed by atoms with Crippen LogP contribution in [0.25, 0.3) is 0 Å². The summed E-state index contributed by atoms with van der Waals surface area (Å²) in [6, 6.07) is 3.72. The van der Waals surface area contributed by atoms with Gasteiger partial charge in [-0.25, -0.2) is 0 Å². The lowest BCUT2D eigenvalue weighted by Crippen LogP contribution is -2.21. The van der Waals surface area contributed by atoms with Gasteiger partial charge in [-0.1, -0.05) is 20.3 Å². The Morgan fingerprint density at radius 1 is 1.47 bits per heavy atom. The smallest absolute Gasteiger partial charge is 0.185 e. The molecule has 2 rings (SSSR count). The second-order valence-corrected chi connectivity index (χ2v) is 5.32. The number of furan rings is 1. The van der Waals surface area contributed by atoms with Crippen LogP contribution in [0, 0.1) is 5.41 Å². The van der Waals surface area contributed by atoms with E-state index in [1.165, 1.54) is 25.7 Å². The zero-order valence-corrected chi connectivity index (χ0v) is 9.45. The molecular formula is C13H18O2. The van der Waals surface area contributed by atoms with E-state index in [4.69, 9.17) is 4.42 Å². The Hall–Kier alpha value is -1.05. The molecule has 1 aliphatic carbocycles. The van der Waals surface area contributed by atoms with E-state index in [1.54, 1.807) is 6.07 Å². The summed E-state index contributed by atoms with van der Waals surface area (Å²) in [6.45, 7) is 4.62. The lowest BCUT2D eigenvalue weighted by molar-refractivity contribution is 0.109. The van der Waals surface area contributed by atoms with Gasteiger partial charge < -0.3 is 4.42 Å². The number of hydrogen-bond acceptors (Lipinski definition) is 2. The molecule has 1 atom stereocenters. The Kier molecular flexibility index (Phi) is 2.68. The molecule has 15 heavy (non-hydrogen) atoms. The van der Waals surface area contributed by atoms with Crippen LogP contribution in [0.15, 0.2) is 16.5 Å². The SMILES string of the molecule is CC1(C)CCCC(c2ccc(C=O)o2)C1. The van der Waals surface area contributed by atoms with Crippen molar-refractivity contribution >= 4 is 6.29 Å². The van der Waals surface area contributed by atoms with Crippen LogP contribution in [0.3, 0.4) is 0 Å². The minimum absolute atomic E-state index is 0.414. The minimum atomic E-state index is 0.414. The van der Waals surface area contributed by atoms with Crippen molar-refractivity contribution in [3.63, 3.8) is 0 Å². The second-order valence-electron chi connectivity index (χ2n) is 5.32. The third-order valence-corrected chi connectivity index (χ3v) is 3.37. The van der Waals surface area contributed by atoms with E-state index in [2.05, 4.69) is 13.8 Å². The molecule has 0 saturated heterocycles.